The Balaban J connectivity index is 2.30. The number of nitrogens with one attached hydrogen (secondary N) is 2. The van der Waals surface area contributed by atoms with E-state index in [1.54, 1.807) is 6.07 Å². The second-order valence-electron chi connectivity index (χ2n) is 2.83. The smallest absolute Gasteiger partial charge is 0.248 e. The van der Waals surface area contributed by atoms with Crippen LogP contribution in [0.2, 0.25) is 0 Å². The lowest BCUT2D eigenvalue weighted by atomic mass is 9.99. The van der Waals surface area contributed by atoms with Crippen LogP contribution in [0, 0.1) is 0 Å². The van der Waals surface area contributed by atoms with E-state index in [9.17, 15) is 4.79 Å². The predicted octanol–water partition coefficient (Wildman–Crippen LogP) is 0.0617. The van der Waals surface area contributed by atoms with Crippen LogP contribution in [0.5, 0.6) is 0 Å². The van der Waals surface area contributed by atoms with Gasteiger partial charge < -0.3 is 10.3 Å². The number of aromatic amines is 1. The molecule has 1 aliphatic heterocycles. The molecule has 3 heteroatoms. The van der Waals surface area contributed by atoms with Gasteiger partial charge in [-0.3, -0.25) is 4.79 Å². The molecule has 3 nitrogen and oxygen atoms in total. The highest BCUT2D eigenvalue weighted by Crippen LogP contribution is 2.14. The molecule has 0 radical (unpaired) electrons. The van der Waals surface area contributed by atoms with E-state index in [1.165, 1.54) is 6.07 Å². The zero-order valence-electron chi connectivity index (χ0n) is 6.13. The molecule has 0 spiro atoms. The van der Waals surface area contributed by atoms with Crippen molar-refractivity contribution in [1.29, 1.82) is 0 Å². The van der Waals surface area contributed by atoms with Crippen LogP contribution in [0.25, 0.3) is 0 Å². The lowest BCUT2D eigenvalue weighted by molar-refractivity contribution is 0.439. The molecule has 0 amide bonds. The van der Waals surface area contributed by atoms with Crippen molar-refractivity contribution in [2.75, 3.05) is 13.1 Å². The lowest BCUT2D eigenvalue weighted by Crippen LogP contribution is -2.40. The van der Waals surface area contributed by atoms with Gasteiger partial charge in [0.15, 0.2) is 0 Å². The van der Waals surface area contributed by atoms with Crippen molar-refractivity contribution in [3.05, 3.63) is 34.2 Å². The number of rotatable bonds is 1. The van der Waals surface area contributed by atoms with Gasteiger partial charge in [0.1, 0.15) is 0 Å². The van der Waals surface area contributed by atoms with Crippen molar-refractivity contribution in [1.82, 2.24) is 10.3 Å². The summed E-state index contributed by atoms with van der Waals surface area (Å²) in [6, 6.07) is 5.30. The maximum atomic E-state index is 10.9. The Labute approximate surface area is 64.5 Å². The highest BCUT2D eigenvalue weighted by molar-refractivity contribution is 5.13. The number of hydrogen-bond acceptors (Lipinski definition) is 2. The topological polar surface area (TPSA) is 44.9 Å². The van der Waals surface area contributed by atoms with E-state index >= 15 is 0 Å². The summed E-state index contributed by atoms with van der Waals surface area (Å²) >= 11 is 0. The summed E-state index contributed by atoms with van der Waals surface area (Å²) in [5.74, 6) is 0.517. The van der Waals surface area contributed by atoms with E-state index in [1.807, 2.05) is 6.07 Å². The molecule has 0 atom stereocenters. The molecular weight excluding hydrogens is 140 g/mol. The monoisotopic (exact) mass is 150 g/mol. The summed E-state index contributed by atoms with van der Waals surface area (Å²) in [6.45, 7) is 1.97. The lowest BCUT2D eigenvalue weighted by Gasteiger charge is -2.26. The molecule has 0 saturated carbocycles. The normalized spacial score (nSPS) is 17.8. The van der Waals surface area contributed by atoms with Crippen LogP contribution in [-0.2, 0) is 0 Å². The average Bonchev–Trinajstić information content (AvgIpc) is 1.83. The van der Waals surface area contributed by atoms with Gasteiger partial charge in [-0.15, -0.1) is 0 Å². The van der Waals surface area contributed by atoms with Crippen LogP contribution >= 0.6 is 0 Å². The number of H-pyrrole nitrogens is 1. The third-order valence-electron chi connectivity index (χ3n) is 2.01. The summed E-state index contributed by atoms with van der Waals surface area (Å²) in [5, 5.41) is 3.16. The Morgan fingerprint density at radius 3 is 2.73 bits per heavy atom. The van der Waals surface area contributed by atoms with Crippen LogP contribution in [0.4, 0.5) is 0 Å². The molecule has 2 heterocycles. The fraction of sp³-hybridized carbons (Fsp3) is 0.375. The SMILES string of the molecule is O=c1cccc(C2CNC2)[nH]1. The van der Waals surface area contributed by atoms with Crippen molar-refractivity contribution in [2.24, 2.45) is 0 Å². The molecule has 0 bridgehead atoms. The Morgan fingerprint density at radius 1 is 1.36 bits per heavy atom. The van der Waals surface area contributed by atoms with Crippen molar-refractivity contribution in [3.8, 4) is 0 Å². The summed E-state index contributed by atoms with van der Waals surface area (Å²) in [6.07, 6.45) is 0. The largest absolute Gasteiger partial charge is 0.326 e. The fourth-order valence-corrected chi connectivity index (χ4v) is 1.21. The van der Waals surface area contributed by atoms with E-state index in [2.05, 4.69) is 10.3 Å². The number of aromatic nitrogens is 1. The van der Waals surface area contributed by atoms with Gasteiger partial charge in [0.05, 0.1) is 0 Å². The Morgan fingerprint density at radius 2 is 2.18 bits per heavy atom. The van der Waals surface area contributed by atoms with Gasteiger partial charge in [0.2, 0.25) is 5.56 Å². The summed E-state index contributed by atoms with van der Waals surface area (Å²) in [5.41, 5.74) is 1.05. The third kappa shape index (κ3) is 1.19. The van der Waals surface area contributed by atoms with Crippen LogP contribution in [-0.4, -0.2) is 18.1 Å². The summed E-state index contributed by atoms with van der Waals surface area (Å²) in [4.78, 5) is 13.7. The van der Waals surface area contributed by atoms with E-state index in [0.717, 1.165) is 18.8 Å². The van der Waals surface area contributed by atoms with Gasteiger partial charge in [-0.2, -0.15) is 0 Å². The van der Waals surface area contributed by atoms with Crippen LogP contribution in [0.3, 0.4) is 0 Å². The molecule has 0 unspecified atom stereocenters. The maximum Gasteiger partial charge on any atom is 0.248 e. The summed E-state index contributed by atoms with van der Waals surface area (Å²) in [7, 11) is 0. The van der Waals surface area contributed by atoms with Gasteiger partial charge in [-0.05, 0) is 6.07 Å². The Kier molecular flexibility index (Phi) is 1.51. The summed E-state index contributed by atoms with van der Waals surface area (Å²) < 4.78 is 0. The van der Waals surface area contributed by atoms with E-state index in [-0.39, 0.29) is 5.56 Å². The van der Waals surface area contributed by atoms with E-state index < -0.39 is 0 Å². The van der Waals surface area contributed by atoms with Crippen molar-refractivity contribution in [2.45, 2.75) is 5.92 Å². The first-order valence-electron chi connectivity index (χ1n) is 3.76. The van der Waals surface area contributed by atoms with Crippen molar-refractivity contribution in [3.63, 3.8) is 0 Å². The van der Waals surface area contributed by atoms with Gasteiger partial charge in [0.25, 0.3) is 0 Å². The first-order chi connectivity index (χ1) is 5.36. The van der Waals surface area contributed by atoms with Gasteiger partial charge in [-0.1, -0.05) is 6.07 Å². The van der Waals surface area contributed by atoms with Crippen molar-refractivity contribution >= 4 is 0 Å². The first kappa shape index (κ1) is 6.61. The Bertz CT molecular complexity index is 301. The molecular formula is C8H10N2O. The maximum absolute atomic E-state index is 10.9. The molecule has 2 N–H and O–H groups in total. The predicted molar refractivity (Wildman–Crippen MR) is 42.7 cm³/mol. The molecule has 1 fully saturated rings. The van der Waals surface area contributed by atoms with Crippen LogP contribution < -0.4 is 10.9 Å². The Hall–Kier alpha value is -1.09. The molecule has 0 aromatic carbocycles. The van der Waals surface area contributed by atoms with E-state index in [4.69, 9.17) is 0 Å². The molecule has 1 aliphatic rings. The third-order valence-corrected chi connectivity index (χ3v) is 2.01. The minimum Gasteiger partial charge on any atom is -0.326 e. The van der Waals surface area contributed by atoms with Gasteiger partial charge >= 0.3 is 0 Å². The van der Waals surface area contributed by atoms with Gasteiger partial charge in [0, 0.05) is 30.8 Å². The molecule has 58 valence electrons. The second kappa shape index (κ2) is 2.51. The molecule has 11 heavy (non-hydrogen) atoms. The number of hydrogen-bond donors (Lipinski definition) is 2. The van der Waals surface area contributed by atoms with Crippen LogP contribution in [0.15, 0.2) is 23.0 Å². The zero-order chi connectivity index (χ0) is 7.68. The van der Waals surface area contributed by atoms with Gasteiger partial charge in [-0.25, -0.2) is 0 Å². The highest BCUT2D eigenvalue weighted by atomic mass is 16.1. The average molecular weight is 150 g/mol. The molecule has 1 aromatic heterocycles. The molecule has 2 rings (SSSR count). The minimum atomic E-state index is -0.00519. The zero-order valence-corrected chi connectivity index (χ0v) is 6.13. The number of pyridine rings is 1. The van der Waals surface area contributed by atoms with E-state index in [0.29, 0.717) is 5.92 Å². The van der Waals surface area contributed by atoms with Crippen LogP contribution in [0.1, 0.15) is 11.6 Å². The fourth-order valence-electron chi connectivity index (χ4n) is 1.21. The molecule has 1 saturated heterocycles. The minimum absolute atomic E-state index is 0.00519. The second-order valence-corrected chi connectivity index (χ2v) is 2.83. The molecule has 1 aromatic rings. The van der Waals surface area contributed by atoms with Crippen molar-refractivity contribution < 1.29 is 0 Å². The standard InChI is InChI=1S/C8H10N2O/c11-8-3-1-2-7(10-8)6-4-9-5-6/h1-3,6,9H,4-5H2,(H,10,11). The first-order valence-corrected chi connectivity index (χ1v) is 3.76. The quantitative estimate of drug-likeness (QED) is 0.594. The molecule has 0 aliphatic carbocycles. The highest BCUT2D eigenvalue weighted by Gasteiger charge is 2.18.